The Bertz CT molecular complexity index is 682. The fourth-order valence-corrected chi connectivity index (χ4v) is 2.37. The summed E-state index contributed by atoms with van der Waals surface area (Å²) >= 11 is 0. The average Bonchev–Trinajstić information content (AvgIpc) is 2.70. The van der Waals surface area contributed by atoms with Crippen LogP contribution in [0.25, 0.3) is 0 Å². The zero-order valence-electron chi connectivity index (χ0n) is 17.9. The van der Waals surface area contributed by atoms with E-state index in [-0.39, 0.29) is 25.3 Å². The highest BCUT2D eigenvalue weighted by molar-refractivity contribution is 5.94. The standard InChI is InChI=1S/C17H33N7O8/c1-7(26)11(18)14(29)24-12(8(2)27)15(30)22-9(4-3-5-21-17(19)20)13(28)23-10(6-25)16(31)32/h7-12,25-27H,3-6,18H2,1-2H3,(H,22,30)(H,23,28)(H,24,29)(H,31,32)(H4,19,20,21)/t7-,8-,9+,10+,11+,12+/m1/s1. The van der Waals surface area contributed by atoms with Crippen molar-refractivity contribution in [1.82, 2.24) is 16.0 Å². The second-order valence-electron chi connectivity index (χ2n) is 7.09. The fourth-order valence-electron chi connectivity index (χ4n) is 2.37. The van der Waals surface area contributed by atoms with Crippen molar-refractivity contribution in [3.05, 3.63) is 0 Å². The number of carbonyl (C=O) groups is 4. The van der Waals surface area contributed by atoms with E-state index >= 15 is 0 Å². The third kappa shape index (κ3) is 10.3. The Hall–Kier alpha value is -3.01. The Labute approximate surface area is 184 Å². The maximum Gasteiger partial charge on any atom is 0.328 e. The molecular formula is C17H33N7O8. The van der Waals surface area contributed by atoms with Gasteiger partial charge in [0.1, 0.15) is 24.2 Å². The molecular weight excluding hydrogens is 430 g/mol. The molecule has 0 aliphatic carbocycles. The van der Waals surface area contributed by atoms with Crippen LogP contribution in [0.5, 0.6) is 0 Å². The molecule has 0 aliphatic heterocycles. The van der Waals surface area contributed by atoms with E-state index in [0.29, 0.717) is 0 Å². The van der Waals surface area contributed by atoms with Crippen LogP contribution in [-0.4, -0.2) is 99.6 Å². The van der Waals surface area contributed by atoms with Gasteiger partial charge in [-0.2, -0.15) is 0 Å². The summed E-state index contributed by atoms with van der Waals surface area (Å²) in [6.45, 7) is 1.68. The molecule has 0 heterocycles. The average molecular weight is 463 g/mol. The number of nitrogens with two attached hydrogens (primary N) is 3. The number of nitrogens with one attached hydrogen (secondary N) is 3. The van der Waals surface area contributed by atoms with Crippen molar-refractivity contribution in [2.45, 2.75) is 63.1 Å². The quantitative estimate of drug-likeness (QED) is 0.0659. The molecule has 0 spiro atoms. The minimum absolute atomic E-state index is 0.0419. The number of carboxylic acid groups (broad SMARTS) is 1. The molecule has 3 amide bonds. The summed E-state index contributed by atoms with van der Waals surface area (Å²) in [4.78, 5) is 52.0. The van der Waals surface area contributed by atoms with Crippen LogP contribution in [0.4, 0.5) is 0 Å². The fraction of sp³-hybridized carbons (Fsp3) is 0.706. The van der Waals surface area contributed by atoms with Gasteiger partial charge in [0.25, 0.3) is 0 Å². The molecule has 6 atom stereocenters. The summed E-state index contributed by atoms with van der Waals surface area (Å²) in [5.74, 6) is -4.49. The summed E-state index contributed by atoms with van der Waals surface area (Å²) in [5.41, 5.74) is 16.0. The molecule has 0 fully saturated rings. The Morgan fingerprint density at radius 2 is 1.47 bits per heavy atom. The summed E-state index contributed by atoms with van der Waals surface area (Å²) in [7, 11) is 0. The van der Waals surface area contributed by atoms with Gasteiger partial charge < -0.3 is 53.6 Å². The van der Waals surface area contributed by atoms with Gasteiger partial charge in [0, 0.05) is 6.54 Å². The van der Waals surface area contributed by atoms with Gasteiger partial charge in [-0.25, -0.2) is 4.79 Å². The lowest BCUT2D eigenvalue weighted by molar-refractivity contribution is -0.143. The topological polar surface area (TPSA) is 276 Å². The van der Waals surface area contributed by atoms with E-state index in [0.717, 1.165) is 0 Å². The number of aliphatic imine (C=N–C) groups is 1. The van der Waals surface area contributed by atoms with E-state index in [2.05, 4.69) is 20.9 Å². The molecule has 15 heteroatoms. The van der Waals surface area contributed by atoms with Gasteiger partial charge in [-0.1, -0.05) is 0 Å². The molecule has 0 radical (unpaired) electrons. The molecule has 15 nitrogen and oxygen atoms in total. The number of hydrogen-bond donors (Lipinski definition) is 10. The Balaban J connectivity index is 5.45. The number of nitrogens with zero attached hydrogens (tertiary/aromatic N) is 1. The number of aliphatic hydroxyl groups is 3. The summed E-state index contributed by atoms with van der Waals surface area (Å²) in [6, 6.07) is -5.83. The monoisotopic (exact) mass is 463 g/mol. The van der Waals surface area contributed by atoms with Gasteiger partial charge in [0.15, 0.2) is 5.96 Å². The summed E-state index contributed by atoms with van der Waals surface area (Å²) in [5, 5.41) is 44.0. The predicted octanol–water partition coefficient (Wildman–Crippen LogP) is -5.34. The molecule has 184 valence electrons. The lowest BCUT2D eigenvalue weighted by Gasteiger charge is -2.26. The van der Waals surface area contributed by atoms with E-state index in [1.54, 1.807) is 0 Å². The largest absolute Gasteiger partial charge is 0.480 e. The maximum atomic E-state index is 12.7. The van der Waals surface area contributed by atoms with Crippen molar-refractivity contribution in [1.29, 1.82) is 0 Å². The number of amides is 3. The lowest BCUT2D eigenvalue weighted by Crippen LogP contribution is -2.60. The van der Waals surface area contributed by atoms with Gasteiger partial charge >= 0.3 is 5.97 Å². The molecule has 0 aliphatic rings. The van der Waals surface area contributed by atoms with Crippen LogP contribution in [0.1, 0.15) is 26.7 Å². The van der Waals surface area contributed by atoms with Crippen LogP contribution in [-0.2, 0) is 19.2 Å². The Morgan fingerprint density at radius 1 is 0.906 bits per heavy atom. The smallest absolute Gasteiger partial charge is 0.328 e. The minimum atomic E-state index is -1.61. The maximum absolute atomic E-state index is 12.7. The molecule has 13 N–H and O–H groups in total. The highest BCUT2D eigenvalue weighted by atomic mass is 16.4. The van der Waals surface area contributed by atoms with Crippen molar-refractivity contribution in [3.8, 4) is 0 Å². The predicted molar refractivity (Wildman–Crippen MR) is 112 cm³/mol. The summed E-state index contributed by atoms with van der Waals surface area (Å²) < 4.78 is 0. The number of carbonyl (C=O) groups excluding carboxylic acids is 3. The van der Waals surface area contributed by atoms with Crippen molar-refractivity contribution in [2.75, 3.05) is 13.2 Å². The number of carboxylic acids is 1. The number of aliphatic hydroxyl groups excluding tert-OH is 3. The molecule has 0 unspecified atom stereocenters. The van der Waals surface area contributed by atoms with Crippen LogP contribution in [0.15, 0.2) is 4.99 Å². The van der Waals surface area contributed by atoms with Crippen molar-refractivity contribution < 1.29 is 39.6 Å². The second kappa shape index (κ2) is 14.1. The zero-order chi connectivity index (χ0) is 25.0. The first-order valence-corrected chi connectivity index (χ1v) is 9.73. The van der Waals surface area contributed by atoms with Crippen LogP contribution < -0.4 is 33.2 Å². The lowest BCUT2D eigenvalue weighted by atomic mass is 10.1. The van der Waals surface area contributed by atoms with Gasteiger partial charge in [-0.05, 0) is 26.7 Å². The van der Waals surface area contributed by atoms with Crippen molar-refractivity contribution >= 4 is 29.7 Å². The van der Waals surface area contributed by atoms with Gasteiger partial charge in [-0.15, -0.1) is 0 Å². The number of aliphatic carboxylic acids is 1. The number of guanidine groups is 1. The first kappa shape index (κ1) is 29.0. The van der Waals surface area contributed by atoms with Gasteiger partial charge in [0.05, 0.1) is 18.8 Å². The van der Waals surface area contributed by atoms with Crippen LogP contribution in [0.2, 0.25) is 0 Å². The highest BCUT2D eigenvalue weighted by Gasteiger charge is 2.32. The van der Waals surface area contributed by atoms with E-state index in [9.17, 15) is 29.4 Å². The SMILES string of the molecule is C[C@@H](O)[C@H](N)C(=O)N[C@H](C(=O)N[C@@H](CCCN=C(N)N)C(=O)N[C@@H](CO)C(=O)O)[C@@H](C)O. The molecule has 0 aromatic rings. The molecule has 0 rings (SSSR count). The van der Waals surface area contributed by atoms with Crippen molar-refractivity contribution in [2.24, 2.45) is 22.2 Å². The van der Waals surface area contributed by atoms with E-state index in [1.165, 1.54) is 13.8 Å². The van der Waals surface area contributed by atoms with Crippen LogP contribution in [0.3, 0.4) is 0 Å². The molecule has 0 saturated carbocycles. The second-order valence-corrected chi connectivity index (χ2v) is 7.09. The molecule has 0 aromatic carbocycles. The number of rotatable bonds is 14. The Kier molecular flexibility index (Phi) is 12.8. The highest BCUT2D eigenvalue weighted by Crippen LogP contribution is 2.03. The summed E-state index contributed by atoms with van der Waals surface area (Å²) in [6.07, 6.45) is -2.48. The normalized spacial score (nSPS) is 16.4. The first-order valence-electron chi connectivity index (χ1n) is 9.73. The first-order chi connectivity index (χ1) is 14.8. The third-order valence-electron chi connectivity index (χ3n) is 4.26. The van der Waals surface area contributed by atoms with E-state index < -0.39 is 66.7 Å². The van der Waals surface area contributed by atoms with E-state index in [4.69, 9.17) is 27.4 Å². The molecule has 0 aromatic heterocycles. The molecule has 32 heavy (non-hydrogen) atoms. The molecule has 0 bridgehead atoms. The number of hydrogen-bond acceptors (Lipinski definition) is 9. The Morgan fingerprint density at radius 3 is 1.91 bits per heavy atom. The van der Waals surface area contributed by atoms with Crippen LogP contribution in [0, 0.1) is 0 Å². The zero-order valence-corrected chi connectivity index (χ0v) is 17.9. The van der Waals surface area contributed by atoms with Crippen molar-refractivity contribution in [3.63, 3.8) is 0 Å². The van der Waals surface area contributed by atoms with E-state index in [1.807, 2.05) is 0 Å². The van der Waals surface area contributed by atoms with Gasteiger partial charge in [-0.3, -0.25) is 19.4 Å². The van der Waals surface area contributed by atoms with Gasteiger partial charge in [0.2, 0.25) is 17.7 Å². The van der Waals surface area contributed by atoms with Crippen LogP contribution >= 0.6 is 0 Å². The molecule has 0 saturated heterocycles. The third-order valence-corrected chi connectivity index (χ3v) is 4.26. The minimum Gasteiger partial charge on any atom is -0.480 e.